The number of methoxy groups -OCH3 is 2. The summed E-state index contributed by atoms with van der Waals surface area (Å²) in [7, 11) is 2.96. The number of rotatable bonds is 6. The third kappa shape index (κ3) is 4.49. The van der Waals surface area contributed by atoms with Crippen LogP contribution in [0.2, 0.25) is 5.02 Å². The number of hydrogen-bond donors (Lipinski definition) is 2. The summed E-state index contributed by atoms with van der Waals surface area (Å²) in [6.45, 7) is -0.0675. The smallest absolute Gasteiger partial charge is 0.328 e. The van der Waals surface area contributed by atoms with Crippen LogP contribution in [0.1, 0.15) is 15.9 Å². The number of aromatic amines is 1. The molecule has 1 aromatic heterocycles. The number of hydrogen-bond acceptors (Lipinski definition) is 5. The van der Waals surface area contributed by atoms with Gasteiger partial charge in [-0.3, -0.25) is 14.2 Å². The molecule has 0 radical (unpaired) electrons. The number of amides is 1. The minimum Gasteiger partial charge on any atom is -0.497 e. The molecular formula is C20H18ClN3O5. The highest BCUT2D eigenvalue weighted by atomic mass is 35.5. The molecule has 1 heterocycles. The number of nitrogens with zero attached hydrogens (tertiary/aromatic N) is 1. The third-order valence-corrected chi connectivity index (χ3v) is 4.57. The predicted molar refractivity (Wildman–Crippen MR) is 109 cm³/mol. The van der Waals surface area contributed by atoms with E-state index in [0.717, 1.165) is 10.8 Å². The molecule has 3 aromatic rings. The average Bonchev–Trinajstić information content (AvgIpc) is 2.71. The fourth-order valence-electron chi connectivity index (χ4n) is 2.69. The summed E-state index contributed by atoms with van der Waals surface area (Å²) in [5, 5.41) is 3.02. The number of halogens is 1. The molecule has 1 amide bonds. The minimum atomic E-state index is -0.735. The molecule has 2 N–H and O–H groups in total. The van der Waals surface area contributed by atoms with Gasteiger partial charge in [-0.1, -0.05) is 29.8 Å². The van der Waals surface area contributed by atoms with Crippen LogP contribution in [0.25, 0.3) is 0 Å². The van der Waals surface area contributed by atoms with E-state index < -0.39 is 17.2 Å². The summed E-state index contributed by atoms with van der Waals surface area (Å²) in [5.41, 5.74) is -0.652. The molecular weight excluding hydrogens is 398 g/mol. The van der Waals surface area contributed by atoms with Gasteiger partial charge in [0.2, 0.25) is 0 Å². The van der Waals surface area contributed by atoms with Crippen molar-refractivity contribution in [2.45, 2.75) is 6.54 Å². The Morgan fingerprint density at radius 2 is 1.76 bits per heavy atom. The lowest BCUT2D eigenvalue weighted by atomic mass is 10.2. The zero-order valence-electron chi connectivity index (χ0n) is 15.7. The van der Waals surface area contributed by atoms with Gasteiger partial charge in [-0.25, -0.2) is 4.79 Å². The predicted octanol–water partition coefficient (Wildman–Crippen LogP) is 2.51. The van der Waals surface area contributed by atoms with E-state index in [2.05, 4.69) is 10.3 Å². The molecule has 0 saturated heterocycles. The molecule has 0 aliphatic carbocycles. The molecule has 29 heavy (non-hydrogen) atoms. The first-order valence-corrected chi connectivity index (χ1v) is 8.91. The molecule has 0 fully saturated rings. The summed E-state index contributed by atoms with van der Waals surface area (Å²) in [5.74, 6) is 0.254. The summed E-state index contributed by atoms with van der Waals surface area (Å²) >= 11 is 6.11. The summed E-state index contributed by atoms with van der Waals surface area (Å²) in [6.07, 6.45) is 1.08. The van der Waals surface area contributed by atoms with Gasteiger partial charge >= 0.3 is 5.69 Å². The van der Waals surface area contributed by atoms with Gasteiger partial charge < -0.3 is 19.8 Å². The first-order valence-electron chi connectivity index (χ1n) is 8.53. The maximum atomic E-state index is 12.8. The fourth-order valence-corrected chi connectivity index (χ4v) is 2.89. The van der Waals surface area contributed by atoms with Crippen LogP contribution in [0, 0.1) is 0 Å². The van der Waals surface area contributed by atoms with Gasteiger partial charge in [-0.2, -0.15) is 0 Å². The van der Waals surface area contributed by atoms with E-state index in [0.29, 0.717) is 27.8 Å². The summed E-state index contributed by atoms with van der Waals surface area (Å²) in [6, 6.07) is 11.6. The van der Waals surface area contributed by atoms with E-state index in [1.54, 1.807) is 42.5 Å². The van der Waals surface area contributed by atoms with Crippen LogP contribution in [0.3, 0.4) is 0 Å². The van der Waals surface area contributed by atoms with Crippen LogP contribution in [0.4, 0.5) is 5.69 Å². The number of benzene rings is 2. The molecule has 3 rings (SSSR count). The summed E-state index contributed by atoms with van der Waals surface area (Å²) in [4.78, 5) is 40.0. The average molecular weight is 416 g/mol. The van der Waals surface area contributed by atoms with E-state index >= 15 is 0 Å². The van der Waals surface area contributed by atoms with Crippen LogP contribution < -0.4 is 26.0 Å². The second-order valence-corrected chi connectivity index (χ2v) is 6.45. The quantitative estimate of drug-likeness (QED) is 0.644. The highest BCUT2D eigenvalue weighted by molar-refractivity contribution is 6.31. The van der Waals surface area contributed by atoms with Crippen molar-refractivity contribution in [1.29, 1.82) is 0 Å². The Morgan fingerprint density at radius 1 is 1.10 bits per heavy atom. The van der Waals surface area contributed by atoms with Gasteiger partial charge in [-0.05, 0) is 11.6 Å². The number of nitrogens with one attached hydrogen (secondary N) is 2. The number of carbonyl (C=O) groups excluding carboxylic acids is 1. The van der Waals surface area contributed by atoms with Gasteiger partial charge in [-0.15, -0.1) is 0 Å². The number of anilines is 1. The number of ether oxygens (including phenoxy) is 2. The third-order valence-electron chi connectivity index (χ3n) is 4.20. The van der Waals surface area contributed by atoms with Crippen molar-refractivity contribution < 1.29 is 14.3 Å². The van der Waals surface area contributed by atoms with Gasteiger partial charge in [0, 0.05) is 35.1 Å². The molecule has 0 atom stereocenters. The Hall–Kier alpha value is -3.52. The molecule has 2 aromatic carbocycles. The molecule has 0 bridgehead atoms. The lowest BCUT2D eigenvalue weighted by Gasteiger charge is -2.11. The second-order valence-electron chi connectivity index (χ2n) is 6.05. The number of aromatic nitrogens is 2. The number of H-pyrrole nitrogens is 1. The van der Waals surface area contributed by atoms with E-state index in [1.165, 1.54) is 14.2 Å². The van der Waals surface area contributed by atoms with E-state index in [9.17, 15) is 14.4 Å². The van der Waals surface area contributed by atoms with Crippen molar-refractivity contribution in [2.75, 3.05) is 19.5 Å². The van der Waals surface area contributed by atoms with Gasteiger partial charge in [0.15, 0.2) is 0 Å². The number of carbonyl (C=O) groups is 1. The standard InChI is InChI=1S/C20H18ClN3O5/c1-28-14-7-13(8-15(9-14)29-2)23-18(25)16-10-22-20(27)24(19(16)26)11-12-5-3-4-6-17(12)21/h3-10H,11H2,1-2H3,(H,22,27)(H,23,25). The van der Waals surface area contributed by atoms with E-state index in [1.807, 2.05) is 0 Å². The van der Waals surface area contributed by atoms with E-state index in [4.69, 9.17) is 21.1 Å². The van der Waals surface area contributed by atoms with Gasteiger partial charge in [0.05, 0.1) is 20.8 Å². The normalized spacial score (nSPS) is 10.4. The first-order chi connectivity index (χ1) is 13.9. The monoisotopic (exact) mass is 415 g/mol. The first kappa shape index (κ1) is 20.2. The maximum absolute atomic E-state index is 12.8. The second kappa shape index (κ2) is 8.66. The Kier molecular flexibility index (Phi) is 6.04. The molecule has 0 saturated carbocycles. The topological polar surface area (TPSA) is 102 Å². The van der Waals surface area contributed by atoms with Crippen LogP contribution in [0.15, 0.2) is 58.3 Å². The molecule has 0 spiro atoms. The highest BCUT2D eigenvalue weighted by Crippen LogP contribution is 2.26. The molecule has 0 aliphatic heterocycles. The Morgan fingerprint density at radius 3 is 2.38 bits per heavy atom. The van der Waals surface area contributed by atoms with Crippen molar-refractivity contribution in [3.8, 4) is 11.5 Å². The largest absolute Gasteiger partial charge is 0.497 e. The van der Waals surface area contributed by atoms with Crippen molar-refractivity contribution >= 4 is 23.2 Å². The van der Waals surface area contributed by atoms with Crippen molar-refractivity contribution in [3.05, 3.63) is 85.6 Å². The zero-order chi connectivity index (χ0) is 21.0. The molecule has 9 heteroatoms. The van der Waals surface area contributed by atoms with Gasteiger partial charge in [0.25, 0.3) is 11.5 Å². The van der Waals surface area contributed by atoms with Crippen LogP contribution in [0.5, 0.6) is 11.5 Å². The highest BCUT2D eigenvalue weighted by Gasteiger charge is 2.16. The fraction of sp³-hybridized carbons (Fsp3) is 0.150. The van der Waals surface area contributed by atoms with Crippen molar-refractivity contribution in [2.24, 2.45) is 0 Å². The lowest BCUT2D eigenvalue weighted by molar-refractivity contribution is 0.102. The molecule has 150 valence electrons. The van der Waals surface area contributed by atoms with E-state index in [-0.39, 0.29) is 12.1 Å². The Bertz CT molecular complexity index is 1150. The zero-order valence-corrected chi connectivity index (χ0v) is 16.4. The SMILES string of the molecule is COc1cc(NC(=O)c2c[nH]c(=O)n(Cc3ccccc3Cl)c2=O)cc(OC)c1. The molecule has 8 nitrogen and oxygen atoms in total. The molecule has 0 aliphatic rings. The van der Waals surface area contributed by atoms with Crippen LogP contribution in [-0.4, -0.2) is 29.7 Å². The van der Waals surface area contributed by atoms with Crippen LogP contribution >= 0.6 is 11.6 Å². The maximum Gasteiger partial charge on any atom is 0.328 e. The summed E-state index contributed by atoms with van der Waals surface area (Å²) < 4.78 is 11.2. The Balaban J connectivity index is 1.94. The van der Waals surface area contributed by atoms with Crippen molar-refractivity contribution in [3.63, 3.8) is 0 Å². The Labute approximate surface area is 170 Å². The lowest BCUT2D eigenvalue weighted by Crippen LogP contribution is -2.39. The van der Waals surface area contributed by atoms with Gasteiger partial charge in [0.1, 0.15) is 17.1 Å². The van der Waals surface area contributed by atoms with Crippen molar-refractivity contribution in [1.82, 2.24) is 9.55 Å². The molecule has 0 unspecified atom stereocenters. The minimum absolute atomic E-state index is 0.0675. The van der Waals surface area contributed by atoms with Crippen LogP contribution in [-0.2, 0) is 6.54 Å².